The van der Waals surface area contributed by atoms with Crippen molar-refractivity contribution in [3.63, 3.8) is 0 Å². The maximum atomic E-state index is 5.74. The van der Waals surface area contributed by atoms with Crippen LogP contribution in [0.3, 0.4) is 0 Å². The molecule has 0 saturated carbocycles. The van der Waals surface area contributed by atoms with Crippen molar-refractivity contribution < 1.29 is 4.42 Å². The second-order valence-corrected chi connectivity index (χ2v) is 4.50. The third kappa shape index (κ3) is 3.02. The Balaban J connectivity index is 0.00000133. The minimum atomic E-state index is 0. The van der Waals surface area contributed by atoms with Gasteiger partial charge in [-0.15, -0.1) is 24.0 Å². The molecule has 0 spiro atoms. The van der Waals surface area contributed by atoms with Gasteiger partial charge in [0.25, 0.3) is 0 Å². The van der Waals surface area contributed by atoms with Crippen molar-refractivity contribution in [1.29, 1.82) is 0 Å². The van der Waals surface area contributed by atoms with Crippen LogP contribution in [0.2, 0.25) is 0 Å². The quantitative estimate of drug-likeness (QED) is 0.799. The Labute approximate surface area is 129 Å². The van der Waals surface area contributed by atoms with Gasteiger partial charge in [0, 0.05) is 30.6 Å². The summed E-state index contributed by atoms with van der Waals surface area (Å²) in [7, 11) is 0. The third-order valence-corrected chi connectivity index (χ3v) is 3.23. The van der Waals surface area contributed by atoms with Gasteiger partial charge in [0.1, 0.15) is 11.3 Å². The zero-order chi connectivity index (χ0) is 12.4. The molecule has 1 aliphatic rings. The van der Waals surface area contributed by atoms with E-state index in [4.69, 9.17) is 4.42 Å². The summed E-state index contributed by atoms with van der Waals surface area (Å²) in [6, 6.07) is 8.13. The maximum Gasteiger partial charge on any atom is 0.191 e. The predicted octanol–water partition coefficient (Wildman–Crippen LogP) is 2.80. The Morgan fingerprint density at radius 1 is 1.37 bits per heavy atom. The van der Waals surface area contributed by atoms with E-state index in [1.165, 1.54) is 10.9 Å². The van der Waals surface area contributed by atoms with Gasteiger partial charge in [0.2, 0.25) is 0 Å². The zero-order valence-corrected chi connectivity index (χ0v) is 13.2. The van der Waals surface area contributed by atoms with Gasteiger partial charge in [-0.25, -0.2) is 0 Å². The first kappa shape index (κ1) is 14.2. The highest BCUT2D eigenvalue weighted by Crippen LogP contribution is 2.24. The molecular formula is C14H18IN3O. The predicted molar refractivity (Wildman–Crippen MR) is 88.1 cm³/mol. The molecule has 0 fully saturated rings. The molecule has 2 N–H and O–H groups in total. The van der Waals surface area contributed by atoms with E-state index in [2.05, 4.69) is 21.7 Å². The molecule has 0 unspecified atom stereocenters. The lowest BCUT2D eigenvalue weighted by Crippen LogP contribution is -2.40. The number of hydrogen-bond donors (Lipinski definition) is 2. The Morgan fingerprint density at radius 3 is 3.00 bits per heavy atom. The van der Waals surface area contributed by atoms with E-state index < -0.39 is 0 Å². The normalized spacial score (nSPS) is 14.5. The van der Waals surface area contributed by atoms with E-state index in [1.807, 2.05) is 25.1 Å². The number of benzene rings is 1. The molecule has 2 heterocycles. The fourth-order valence-corrected chi connectivity index (χ4v) is 2.26. The molecule has 1 aliphatic heterocycles. The Bertz CT molecular complexity index is 591. The molecule has 1 aromatic carbocycles. The van der Waals surface area contributed by atoms with Crippen molar-refractivity contribution in [1.82, 2.24) is 10.6 Å². The number of guanidine groups is 1. The summed E-state index contributed by atoms with van der Waals surface area (Å²) < 4.78 is 5.74. The number of para-hydroxylation sites is 1. The maximum absolute atomic E-state index is 5.74. The van der Waals surface area contributed by atoms with Crippen LogP contribution in [-0.2, 0) is 6.54 Å². The van der Waals surface area contributed by atoms with E-state index in [9.17, 15) is 0 Å². The van der Waals surface area contributed by atoms with Gasteiger partial charge in [-0.05, 0) is 19.4 Å². The monoisotopic (exact) mass is 371 g/mol. The largest absolute Gasteiger partial charge is 0.461 e. The van der Waals surface area contributed by atoms with Crippen LogP contribution in [0.1, 0.15) is 17.7 Å². The number of aryl methyl sites for hydroxylation is 1. The van der Waals surface area contributed by atoms with Crippen LogP contribution in [0.25, 0.3) is 11.0 Å². The summed E-state index contributed by atoms with van der Waals surface area (Å²) in [6.07, 6.45) is 1.11. The van der Waals surface area contributed by atoms with Crippen LogP contribution in [0.5, 0.6) is 0 Å². The van der Waals surface area contributed by atoms with E-state index in [1.54, 1.807) is 0 Å². The SMILES string of the molecule is Cc1oc2ccccc2c1CNC1=NCCCN1.I. The molecule has 1 aromatic heterocycles. The second kappa shape index (κ2) is 6.27. The highest BCUT2D eigenvalue weighted by molar-refractivity contribution is 14.0. The molecule has 2 aromatic rings. The average Bonchev–Trinajstić information content (AvgIpc) is 2.73. The van der Waals surface area contributed by atoms with Gasteiger partial charge >= 0.3 is 0 Å². The first-order valence-corrected chi connectivity index (χ1v) is 6.34. The highest BCUT2D eigenvalue weighted by Gasteiger charge is 2.11. The van der Waals surface area contributed by atoms with Crippen molar-refractivity contribution in [2.24, 2.45) is 4.99 Å². The van der Waals surface area contributed by atoms with E-state index in [0.717, 1.165) is 43.4 Å². The standard InChI is InChI=1S/C14H17N3O.HI/c1-10-12(9-17-14-15-7-4-8-16-14)11-5-2-3-6-13(11)18-10;/h2-3,5-6H,4,7-9H2,1H3,(H2,15,16,17);1H. The van der Waals surface area contributed by atoms with Gasteiger partial charge in [-0.3, -0.25) is 4.99 Å². The Hall–Kier alpha value is -1.24. The van der Waals surface area contributed by atoms with Gasteiger partial charge in [0.15, 0.2) is 5.96 Å². The van der Waals surface area contributed by atoms with Crippen LogP contribution < -0.4 is 10.6 Å². The average molecular weight is 371 g/mol. The number of halogens is 1. The second-order valence-electron chi connectivity index (χ2n) is 4.50. The van der Waals surface area contributed by atoms with Gasteiger partial charge < -0.3 is 15.1 Å². The number of hydrogen-bond acceptors (Lipinski definition) is 4. The smallest absolute Gasteiger partial charge is 0.191 e. The number of nitrogens with one attached hydrogen (secondary N) is 2. The Kier molecular flexibility index (Phi) is 4.68. The molecule has 3 rings (SSSR count). The van der Waals surface area contributed by atoms with Gasteiger partial charge in [-0.2, -0.15) is 0 Å². The molecule has 4 nitrogen and oxygen atoms in total. The van der Waals surface area contributed by atoms with Crippen molar-refractivity contribution in [3.05, 3.63) is 35.6 Å². The molecule has 0 amide bonds. The fraction of sp³-hybridized carbons (Fsp3) is 0.357. The summed E-state index contributed by atoms with van der Waals surface area (Å²) >= 11 is 0. The molecule has 102 valence electrons. The molecule has 0 saturated heterocycles. The number of furan rings is 1. The summed E-state index contributed by atoms with van der Waals surface area (Å²) in [5.74, 6) is 1.87. The minimum Gasteiger partial charge on any atom is -0.461 e. The Morgan fingerprint density at radius 2 is 2.21 bits per heavy atom. The lowest BCUT2D eigenvalue weighted by Gasteiger charge is -2.15. The number of fused-ring (bicyclic) bond motifs is 1. The number of rotatable bonds is 2. The van der Waals surface area contributed by atoms with E-state index in [-0.39, 0.29) is 24.0 Å². The van der Waals surface area contributed by atoms with Gasteiger partial charge in [-0.1, -0.05) is 18.2 Å². The van der Waals surface area contributed by atoms with E-state index >= 15 is 0 Å². The van der Waals surface area contributed by atoms with Crippen molar-refractivity contribution in [3.8, 4) is 0 Å². The van der Waals surface area contributed by atoms with Crippen molar-refractivity contribution in [2.45, 2.75) is 19.9 Å². The lowest BCUT2D eigenvalue weighted by atomic mass is 10.1. The molecule has 0 atom stereocenters. The first-order valence-electron chi connectivity index (χ1n) is 6.34. The van der Waals surface area contributed by atoms with Crippen LogP contribution in [0.15, 0.2) is 33.7 Å². The van der Waals surface area contributed by atoms with Crippen LogP contribution >= 0.6 is 24.0 Å². The van der Waals surface area contributed by atoms with Gasteiger partial charge in [0.05, 0.1) is 0 Å². The van der Waals surface area contributed by atoms with Crippen LogP contribution in [0, 0.1) is 6.92 Å². The van der Waals surface area contributed by atoms with Crippen molar-refractivity contribution >= 4 is 40.9 Å². The molecule has 0 bridgehead atoms. The fourth-order valence-electron chi connectivity index (χ4n) is 2.26. The van der Waals surface area contributed by atoms with Crippen LogP contribution in [0.4, 0.5) is 0 Å². The van der Waals surface area contributed by atoms with E-state index in [0.29, 0.717) is 0 Å². The highest BCUT2D eigenvalue weighted by atomic mass is 127. The summed E-state index contributed by atoms with van der Waals surface area (Å²) in [5, 5.41) is 7.77. The molecule has 0 radical (unpaired) electrons. The molecular weight excluding hydrogens is 353 g/mol. The summed E-state index contributed by atoms with van der Waals surface area (Å²) in [4.78, 5) is 4.40. The number of aliphatic imine (C=N–C) groups is 1. The molecule has 0 aliphatic carbocycles. The van der Waals surface area contributed by atoms with Crippen LogP contribution in [-0.4, -0.2) is 19.0 Å². The minimum absolute atomic E-state index is 0. The van der Waals surface area contributed by atoms with Crippen molar-refractivity contribution in [2.75, 3.05) is 13.1 Å². The third-order valence-electron chi connectivity index (χ3n) is 3.23. The molecule has 19 heavy (non-hydrogen) atoms. The summed E-state index contributed by atoms with van der Waals surface area (Å²) in [5.41, 5.74) is 2.16. The zero-order valence-electron chi connectivity index (χ0n) is 10.9. The lowest BCUT2D eigenvalue weighted by molar-refractivity contribution is 0.570. The number of nitrogens with zero attached hydrogens (tertiary/aromatic N) is 1. The molecule has 5 heteroatoms. The topological polar surface area (TPSA) is 49.6 Å². The first-order chi connectivity index (χ1) is 8.84. The summed E-state index contributed by atoms with van der Waals surface area (Å²) in [6.45, 7) is 4.65.